The lowest BCUT2D eigenvalue weighted by atomic mass is 10.0. The van der Waals surface area contributed by atoms with E-state index >= 15 is 0 Å². The summed E-state index contributed by atoms with van der Waals surface area (Å²) >= 11 is 0. The number of aliphatic carboxylic acids is 1. The Labute approximate surface area is 124 Å². The molecule has 0 spiro atoms. The third kappa shape index (κ3) is 5.10. The number of sulfone groups is 1. The highest BCUT2D eigenvalue weighted by Crippen LogP contribution is 2.18. The van der Waals surface area contributed by atoms with Gasteiger partial charge in [0, 0.05) is 11.8 Å². The number of carbonyl (C=O) groups is 1. The van der Waals surface area contributed by atoms with E-state index in [4.69, 9.17) is 5.11 Å². The summed E-state index contributed by atoms with van der Waals surface area (Å²) in [5, 5.41) is 8.74. The fourth-order valence-electron chi connectivity index (χ4n) is 1.70. The van der Waals surface area contributed by atoms with Gasteiger partial charge < -0.3 is 5.11 Å². The summed E-state index contributed by atoms with van der Waals surface area (Å²) in [5.74, 6) is -1.13. The van der Waals surface area contributed by atoms with Gasteiger partial charge in [0.25, 0.3) is 0 Å². The van der Waals surface area contributed by atoms with Crippen molar-refractivity contribution < 1.29 is 26.7 Å². The van der Waals surface area contributed by atoms with Gasteiger partial charge >= 0.3 is 5.97 Å². The molecule has 0 unspecified atom stereocenters. The molecule has 0 heterocycles. The van der Waals surface area contributed by atoms with Crippen molar-refractivity contribution in [1.82, 2.24) is 4.72 Å². The average Bonchev–Trinajstić information content (AvgIpc) is 2.24. The van der Waals surface area contributed by atoms with Gasteiger partial charge in [-0.3, -0.25) is 4.79 Å². The molecular weight excluding hydrogens is 318 g/mol. The van der Waals surface area contributed by atoms with Crippen LogP contribution < -0.4 is 4.72 Å². The fourth-order valence-corrected chi connectivity index (χ4v) is 3.75. The van der Waals surface area contributed by atoms with E-state index in [2.05, 4.69) is 4.72 Å². The Morgan fingerprint density at radius 3 is 1.90 bits per heavy atom. The number of hydrogen-bond acceptors (Lipinski definition) is 5. The molecule has 0 bridgehead atoms. The monoisotopic (exact) mass is 335 g/mol. The van der Waals surface area contributed by atoms with Crippen LogP contribution in [0.2, 0.25) is 0 Å². The van der Waals surface area contributed by atoms with Gasteiger partial charge in [0.2, 0.25) is 10.0 Å². The maximum Gasteiger partial charge on any atom is 0.305 e. The second kappa shape index (κ2) is 5.74. The van der Waals surface area contributed by atoms with Crippen molar-refractivity contribution in [3.05, 3.63) is 24.3 Å². The molecule has 0 aliphatic heterocycles. The molecule has 2 N–H and O–H groups in total. The number of nitrogens with one attached hydrogen (secondary N) is 1. The van der Waals surface area contributed by atoms with Crippen molar-refractivity contribution in [1.29, 1.82) is 0 Å². The Kier molecular flexibility index (Phi) is 4.81. The first-order chi connectivity index (χ1) is 9.33. The van der Waals surface area contributed by atoms with Crippen LogP contribution in [0.15, 0.2) is 34.1 Å². The highest BCUT2D eigenvalue weighted by Gasteiger charge is 2.28. The molecule has 21 heavy (non-hydrogen) atoms. The SMILES string of the molecule is CC(C)(CC(=O)O)NS(=O)(=O)c1ccc(S(C)(=O)=O)cc1. The molecule has 118 valence electrons. The van der Waals surface area contributed by atoms with Crippen LogP contribution in [-0.2, 0) is 24.7 Å². The minimum absolute atomic E-state index is 0.00578. The van der Waals surface area contributed by atoms with Crippen molar-refractivity contribution in [3.8, 4) is 0 Å². The third-order valence-electron chi connectivity index (χ3n) is 2.57. The van der Waals surface area contributed by atoms with Gasteiger partial charge in [0.05, 0.1) is 16.2 Å². The van der Waals surface area contributed by atoms with Gasteiger partial charge in [-0.25, -0.2) is 21.6 Å². The minimum Gasteiger partial charge on any atom is -0.481 e. The van der Waals surface area contributed by atoms with Crippen molar-refractivity contribution in [2.75, 3.05) is 6.26 Å². The normalized spacial score (nSPS) is 13.1. The number of hydrogen-bond donors (Lipinski definition) is 2. The number of sulfonamides is 1. The lowest BCUT2D eigenvalue weighted by Crippen LogP contribution is -2.44. The van der Waals surface area contributed by atoms with Crippen molar-refractivity contribution in [2.24, 2.45) is 0 Å². The summed E-state index contributed by atoms with van der Waals surface area (Å²) in [6.45, 7) is 2.90. The second-order valence-corrected chi connectivity index (χ2v) is 9.00. The van der Waals surface area contributed by atoms with Gasteiger partial charge in [-0.15, -0.1) is 0 Å². The molecule has 1 aromatic rings. The van der Waals surface area contributed by atoms with Gasteiger partial charge in [-0.1, -0.05) is 0 Å². The molecule has 0 radical (unpaired) electrons. The maximum absolute atomic E-state index is 12.1. The zero-order valence-corrected chi connectivity index (χ0v) is 13.5. The van der Waals surface area contributed by atoms with Crippen molar-refractivity contribution in [3.63, 3.8) is 0 Å². The fraction of sp³-hybridized carbons (Fsp3) is 0.417. The van der Waals surface area contributed by atoms with E-state index in [9.17, 15) is 21.6 Å². The molecule has 7 nitrogen and oxygen atoms in total. The molecule has 0 saturated carbocycles. The zero-order valence-electron chi connectivity index (χ0n) is 11.8. The molecule has 1 rings (SSSR count). The number of benzene rings is 1. The Hall–Kier alpha value is -1.45. The number of carboxylic acids is 1. The highest BCUT2D eigenvalue weighted by molar-refractivity contribution is 7.90. The minimum atomic E-state index is -3.93. The van der Waals surface area contributed by atoms with Crippen LogP contribution in [-0.4, -0.2) is 39.7 Å². The van der Waals surface area contributed by atoms with E-state index in [-0.39, 0.29) is 16.2 Å². The lowest BCUT2D eigenvalue weighted by molar-refractivity contribution is -0.138. The molecule has 1 aromatic carbocycles. The lowest BCUT2D eigenvalue weighted by Gasteiger charge is -2.23. The molecule has 0 atom stereocenters. The first kappa shape index (κ1) is 17.6. The molecule has 0 amide bonds. The molecule has 0 aromatic heterocycles. The van der Waals surface area contributed by atoms with Crippen molar-refractivity contribution in [2.45, 2.75) is 35.6 Å². The predicted octanol–water partition coefficient (Wildman–Crippen LogP) is 0.622. The molecular formula is C12H17NO6S2. The maximum atomic E-state index is 12.1. The average molecular weight is 335 g/mol. The van der Waals surface area contributed by atoms with Gasteiger partial charge in [-0.05, 0) is 38.1 Å². The smallest absolute Gasteiger partial charge is 0.305 e. The Morgan fingerprint density at radius 2 is 1.52 bits per heavy atom. The molecule has 0 saturated heterocycles. The van der Waals surface area contributed by atoms with Gasteiger partial charge in [0.1, 0.15) is 0 Å². The van der Waals surface area contributed by atoms with Crippen LogP contribution in [0, 0.1) is 0 Å². The number of rotatable bonds is 6. The molecule has 9 heteroatoms. The van der Waals surface area contributed by atoms with Crippen LogP contribution in [0.1, 0.15) is 20.3 Å². The first-order valence-electron chi connectivity index (χ1n) is 5.89. The van der Waals surface area contributed by atoms with Crippen LogP contribution in [0.3, 0.4) is 0 Å². The summed E-state index contributed by atoms with van der Waals surface area (Å²) in [6.07, 6.45) is 0.637. The van der Waals surface area contributed by atoms with Gasteiger partial charge in [0.15, 0.2) is 9.84 Å². The standard InChI is InChI=1S/C12H17NO6S2/c1-12(2,8-11(14)15)13-21(18,19)10-6-4-9(5-7-10)20(3,16)17/h4-7,13H,8H2,1-3H3,(H,14,15). The second-order valence-electron chi connectivity index (χ2n) is 5.30. The van der Waals surface area contributed by atoms with E-state index in [0.29, 0.717) is 0 Å². The molecule has 0 aliphatic rings. The van der Waals surface area contributed by atoms with Crippen LogP contribution in [0.25, 0.3) is 0 Å². The van der Waals surface area contributed by atoms with E-state index in [1.807, 2.05) is 0 Å². The summed E-state index contributed by atoms with van der Waals surface area (Å²) in [7, 11) is -7.34. The highest BCUT2D eigenvalue weighted by atomic mass is 32.2. The number of carboxylic acid groups (broad SMARTS) is 1. The van der Waals surface area contributed by atoms with Crippen LogP contribution in [0.5, 0.6) is 0 Å². The zero-order chi connectivity index (χ0) is 16.5. The van der Waals surface area contributed by atoms with Gasteiger partial charge in [-0.2, -0.15) is 0 Å². The third-order valence-corrected chi connectivity index (χ3v) is 5.41. The molecule has 0 fully saturated rings. The Morgan fingerprint density at radius 1 is 1.10 bits per heavy atom. The van der Waals surface area contributed by atoms with E-state index in [1.54, 1.807) is 0 Å². The Bertz CT molecular complexity index is 732. The van der Waals surface area contributed by atoms with Crippen LogP contribution in [0.4, 0.5) is 0 Å². The summed E-state index contributed by atoms with van der Waals surface area (Å²) in [5.41, 5.74) is -1.17. The van der Waals surface area contributed by atoms with Crippen molar-refractivity contribution >= 4 is 25.8 Å². The Balaban J connectivity index is 3.07. The van der Waals surface area contributed by atoms with E-state index in [1.165, 1.54) is 26.0 Å². The molecule has 0 aliphatic carbocycles. The van der Waals surface area contributed by atoms with E-state index in [0.717, 1.165) is 18.4 Å². The topological polar surface area (TPSA) is 118 Å². The first-order valence-corrected chi connectivity index (χ1v) is 9.27. The largest absolute Gasteiger partial charge is 0.481 e. The quantitative estimate of drug-likeness (QED) is 0.787. The summed E-state index contributed by atoms with van der Waals surface area (Å²) in [4.78, 5) is 10.6. The summed E-state index contributed by atoms with van der Waals surface area (Å²) in [6, 6.07) is 4.70. The van der Waals surface area contributed by atoms with E-state index < -0.39 is 31.4 Å². The summed E-state index contributed by atoms with van der Waals surface area (Å²) < 4.78 is 49.2. The van der Waals surface area contributed by atoms with Crippen LogP contribution >= 0.6 is 0 Å². The predicted molar refractivity (Wildman–Crippen MR) is 76.2 cm³/mol.